The number of aryl methyl sites for hydroxylation is 1. The second kappa shape index (κ2) is 6.72. The molecule has 1 aliphatic rings. The minimum absolute atomic E-state index is 0.202. The van der Waals surface area contributed by atoms with Crippen LogP contribution in [0.15, 0.2) is 36.8 Å². The topological polar surface area (TPSA) is 112 Å². The molecule has 0 amide bonds. The summed E-state index contributed by atoms with van der Waals surface area (Å²) in [6, 6.07) is 6.36. The fourth-order valence-electron chi connectivity index (χ4n) is 3.83. The molecule has 8 nitrogen and oxygen atoms in total. The molecule has 1 saturated heterocycles. The van der Waals surface area contributed by atoms with Gasteiger partial charge in [0.1, 0.15) is 11.5 Å². The van der Waals surface area contributed by atoms with Gasteiger partial charge in [-0.2, -0.15) is 10.2 Å². The summed E-state index contributed by atoms with van der Waals surface area (Å²) >= 11 is 0. The molecule has 28 heavy (non-hydrogen) atoms. The van der Waals surface area contributed by atoms with E-state index < -0.39 is 0 Å². The van der Waals surface area contributed by atoms with Crippen molar-refractivity contribution in [1.82, 2.24) is 30.4 Å². The van der Waals surface area contributed by atoms with Crippen LogP contribution in [0.1, 0.15) is 18.4 Å². The van der Waals surface area contributed by atoms with Crippen molar-refractivity contribution in [3.8, 4) is 22.6 Å². The highest BCUT2D eigenvalue weighted by Gasteiger charge is 2.21. The van der Waals surface area contributed by atoms with E-state index in [1.54, 1.807) is 12.4 Å². The third kappa shape index (κ3) is 2.91. The predicted molar refractivity (Wildman–Crippen MR) is 109 cm³/mol. The largest absolute Gasteiger partial charge is 0.355 e. The zero-order chi connectivity index (χ0) is 19.1. The first-order valence-corrected chi connectivity index (χ1v) is 9.51. The highest BCUT2D eigenvalue weighted by atomic mass is 15.2. The standard InChI is InChI=1S/C20H22N8/c1-12-4-5-16(25-20(12)28-6-2-3-14(21)11-28)19-15-7-17(13-8-23-24-9-13)22-10-18(15)26-27-19/h4-5,7-10,14H,2-3,6,11,21H2,1H3,(H,23,24)(H,26,27). The minimum Gasteiger partial charge on any atom is -0.355 e. The molecule has 0 aromatic carbocycles. The Bertz CT molecular complexity index is 1110. The molecule has 0 spiro atoms. The van der Waals surface area contributed by atoms with Crippen molar-refractivity contribution in [3.63, 3.8) is 0 Å². The van der Waals surface area contributed by atoms with Gasteiger partial charge in [-0.05, 0) is 37.5 Å². The molecule has 0 radical (unpaired) electrons. The maximum absolute atomic E-state index is 6.18. The Kier molecular flexibility index (Phi) is 4.05. The summed E-state index contributed by atoms with van der Waals surface area (Å²) in [7, 11) is 0. The summed E-state index contributed by atoms with van der Waals surface area (Å²) in [6.45, 7) is 3.92. The molecule has 4 N–H and O–H groups in total. The third-order valence-electron chi connectivity index (χ3n) is 5.31. The first-order chi connectivity index (χ1) is 13.7. The monoisotopic (exact) mass is 374 g/mol. The van der Waals surface area contributed by atoms with Crippen LogP contribution >= 0.6 is 0 Å². The molecule has 5 rings (SSSR count). The van der Waals surface area contributed by atoms with Crippen molar-refractivity contribution in [2.75, 3.05) is 18.0 Å². The van der Waals surface area contributed by atoms with E-state index in [0.29, 0.717) is 0 Å². The Balaban J connectivity index is 1.58. The highest BCUT2D eigenvalue weighted by molar-refractivity contribution is 5.93. The van der Waals surface area contributed by atoms with Crippen LogP contribution in [0.5, 0.6) is 0 Å². The summed E-state index contributed by atoms with van der Waals surface area (Å²) in [5.74, 6) is 0.993. The van der Waals surface area contributed by atoms with Gasteiger partial charge < -0.3 is 10.6 Å². The first-order valence-electron chi connectivity index (χ1n) is 9.51. The van der Waals surface area contributed by atoms with Crippen LogP contribution in [-0.4, -0.2) is 49.5 Å². The maximum atomic E-state index is 6.18. The normalized spacial score (nSPS) is 17.4. The fraction of sp³-hybridized carbons (Fsp3) is 0.300. The average Bonchev–Trinajstić information content (AvgIpc) is 3.38. The lowest BCUT2D eigenvalue weighted by Crippen LogP contribution is -2.43. The molecule has 0 bridgehead atoms. The SMILES string of the molecule is Cc1ccc(-c2n[nH]c3cnc(-c4cn[nH]c4)cc23)nc1N1CCCC(N)C1. The number of nitrogens with one attached hydrogen (secondary N) is 2. The zero-order valence-electron chi connectivity index (χ0n) is 15.7. The number of aromatic amines is 2. The lowest BCUT2D eigenvalue weighted by atomic mass is 10.1. The molecule has 1 fully saturated rings. The lowest BCUT2D eigenvalue weighted by molar-refractivity contribution is 0.502. The quantitative estimate of drug-likeness (QED) is 0.508. The second-order valence-corrected chi connectivity index (χ2v) is 7.36. The molecule has 4 aromatic heterocycles. The highest BCUT2D eigenvalue weighted by Crippen LogP contribution is 2.30. The van der Waals surface area contributed by atoms with Crippen molar-refractivity contribution >= 4 is 16.7 Å². The van der Waals surface area contributed by atoms with E-state index in [2.05, 4.69) is 43.3 Å². The van der Waals surface area contributed by atoms with Gasteiger partial charge >= 0.3 is 0 Å². The summed E-state index contributed by atoms with van der Waals surface area (Å²) < 4.78 is 0. The number of rotatable bonds is 3. The average molecular weight is 374 g/mol. The number of aromatic nitrogens is 6. The Hall–Kier alpha value is -3.26. The van der Waals surface area contributed by atoms with Gasteiger partial charge in [0.15, 0.2) is 0 Å². The van der Waals surface area contributed by atoms with Crippen LogP contribution in [0, 0.1) is 6.92 Å². The van der Waals surface area contributed by atoms with Gasteiger partial charge in [0.05, 0.1) is 29.3 Å². The second-order valence-electron chi connectivity index (χ2n) is 7.36. The van der Waals surface area contributed by atoms with E-state index in [1.807, 2.05) is 18.3 Å². The fourth-order valence-corrected chi connectivity index (χ4v) is 3.83. The number of nitrogens with two attached hydrogens (primary N) is 1. The van der Waals surface area contributed by atoms with Gasteiger partial charge in [-0.25, -0.2) is 4.98 Å². The first kappa shape index (κ1) is 16.9. The molecule has 5 heterocycles. The Labute approximate surface area is 162 Å². The van der Waals surface area contributed by atoms with E-state index in [-0.39, 0.29) is 6.04 Å². The Morgan fingerprint density at radius 2 is 2.14 bits per heavy atom. The number of pyridine rings is 2. The van der Waals surface area contributed by atoms with Crippen LogP contribution < -0.4 is 10.6 Å². The third-order valence-corrected chi connectivity index (χ3v) is 5.31. The van der Waals surface area contributed by atoms with Gasteiger partial charge in [-0.3, -0.25) is 15.2 Å². The van der Waals surface area contributed by atoms with Crippen LogP contribution in [-0.2, 0) is 0 Å². The molecule has 8 heteroatoms. The minimum atomic E-state index is 0.202. The van der Waals surface area contributed by atoms with Gasteiger partial charge in [0, 0.05) is 36.3 Å². The van der Waals surface area contributed by atoms with E-state index in [9.17, 15) is 0 Å². The summed E-state index contributed by atoms with van der Waals surface area (Å²) in [5.41, 5.74) is 11.7. The molecule has 1 atom stereocenters. The number of fused-ring (bicyclic) bond motifs is 1. The van der Waals surface area contributed by atoms with Crippen molar-refractivity contribution in [2.45, 2.75) is 25.8 Å². The number of hydrogen-bond donors (Lipinski definition) is 3. The summed E-state index contributed by atoms with van der Waals surface area (Å²) in [4.78, 5) is 11.8. The van der Waals surface area contributed by atoms with Crippen molar-refractivity contribution in [1.29, 1.82) is 0 Å². The van der Waals surface area contributed by atoms with E-state index in [0.717, 1.165) is 70.9 Å². The van der Waals surface area contributed by atoms with Gasteiger partial charge in [-0.15, -0.1) is 0 Å². The molecule has 0 aliphatic carbocycles. The Morgan fingerprint density at radius 3 is 2.96 bits per heavy atom. The summed E-state index contributed by atoms with van der Waals surface area (Å²) in [5, 5.41) is 15.4. The molecular formula is C20H22N8. The number of H-pyrrole nitrogens is 2. The van der Waals surface area contributed by atoms with E-state index >= 15 is 0 Å². The van der Waals surface area contributed by atoms with Crippen LogP contribution in [0.4, 0.5) is 5.82 Å². The summed E-state index contributed by atoms with van der Waals surface area (Å²) in [6.07, 6.45) is 7.55. The predicted octanol–water partition coefficient (Wildman–Crippen LogP) is 2.65. The van der Waals surface area contributed by atoms with Crippen LogP contribution in [0.25, 0.3) is 33.5 Å². The molecule has 1 aliphatic heterocycles. The number of hydrogen-bond acceptors (Lipinski definition) is 6. The van der Waals surface area contributed by atoms with E-state index in [4.69, 9.17) is 10.7 Å². The van der Waals surface area contributed by atoms with Crippen molar-refractivity contribution in [3.05, 3.63) is 42.4 Å². The number of nitrogens with zero attached hydrogens (tertiary/aromatic N) is 5. The smallest absolute Gasteiger partial charge is 0.132 e. The Morgan fingerprint density at radius 1 is 1.21 bits per heavy atom. The number of anilines is 1. The zero-order valence-corrected chi connectivity index (χ0v) is 15.7. The van der Waals surface area contributed by atoms with Gasteiger partial charge in [0.25, 0.3) is 0 Å². The van der Waals surface area contributed by atoms with Gasteiger partial charge in [0.2, 0.25) is 0 Å². The molecular weight excluding hydrogens is 352 g/mol. The lowest BCUT2D eigenvalue weighted by Gasteiger charge is -2.32. The molecule has 1 unspecified atom stereocenters. The number of piperidine rings is 1. The molecule has 4 aromatic rings. The van der Waals surface area contributed by atoms with E-state index in [1.165, 1.54) is 0 Å². The molecule has 0 saturated carbocycles. The van der Waals surface area contributed by atoms with Crippen molar-refractivity contribution in [2.24, 2.45) is 5.73 Å². The maximum Gasteiger partial charge on any atom is 0.132 e. The molecule has 142 valence electrons. The van der Waals surface area contributed by atoms with Gasteiger partial charge in [-0.1, -0.05) is 6.07 Å². The van der Waals surface area contributed by atoms with Crippen molar-refractivity contribution < 1.29 is 0 Å². The van der Waals surface area contributed by atoms with Crippen LogP contribution in [0.2, 0.25) is 0 Å². The van der Waals surface area contributed by atoms with Crippen LogP contribution in [0.3, 0.4) is 0 Å².